The molecule has 0 bridgehead atoms. The molecule has 1 aromatic heterocycles. The zero-order valence-electron chi connectivity index (χ0n) is 10.9. The molecule has 0 spiro atoms. The monoisotopic (exact) mass is 362 g/mol. The van der Waals surface area contributed by atoms with Gasteiger partial charge in [0.2, 0.25) is 10.0 Å². The van der Waals surface area contributed by atoms with Crippen LogP contribution in [0.5, 0.6) is 0 Å². The second kappa shape index (κ2) is 7.42. The highest BCUT2D eigenvalue weighted by Gasteiger charge is 2.07. The van der Waals surface area contributed by atoms with Crippen molar-refractivity contribution in [3.05, 3.63) is 21.0 Å². The molecule has 0 saturated carbocycles. The number of hydrogen-bond acceptors (Lipinski definition) is 5. The summed E-state index contributed by atoms with van der Waals surface area (Å²) in [5.74, 6) is 2.34. The summed E-state index contributed by atoms with van der Waals surface area (Å²) in [6.45, 7) is 0.933. The van der Waals surface area contributed by atoms with Crippen molar-refractivity contribution < 1.29 is 8.42 Å². The van der Waals surface area contributed by atoms with Gasteiger partial charge < -0.3 is 5.32 Å². The molecule has 0 aromatic carbocycles. The maximum atomic E-state index is 11.8. The average molecular weight is 363 g/mol. The number of hydrogen-bond donors (Lipinski definition) is 2. The first-order valence-electron chi connectivity index (χ1n) is 5.72. The molecule has 0 unspecified atom stereocenters. The van der Waals surface area contributed by atoms with Gasteiger partial charge in [-0.15, -0.1) is 6.42 Å². The largest absolute Gasteiger partial charge is 0.383 e. The van der Waals surface area contributed by atoms with Crippen LogP contribution in [0, 0.1) is 12.3 Å². The molecule has 0 aliphatic heterocycles. The maximum absolute atomic E-state index is 11.8. The number of terminal acetylenes is 1. The van der Waals surface area contributed by atoms with Crippen molar-refractivity contribution in [3.8, 4) is 12.3 Å². The van der Waals surface area contributed by atoms with E-state index in [1.165, 1.54) is 10.9 Å². The predicted molar refractivity (Wildman–Crippen MR) is 81.0 cm³/mol. The number of aromatic nitrogens is 2. The third-order valence-electron chi connectivity index (χ3n) is 2.26. The maximum Gasteiger partial charge on any atom is 0.284 e. The summed E-state index contributed by atoms with van der Waals surface area (Å²) < 4.78 is 25.6. The Bertz CT molecular complexity index is 663. The lowest BCUT2D eigenvalue weighted by Gasteiger charge is -2.09. The highest BCUT2D eigenvalue weighted by atomic mass is 79.9. The zero-order valence-corrected chi connectivity index (χ0v) is 13.3. The molecule has 1 heterocycles. The van der Waals surface area contributed by atoms with E-state index in [1.54, 1.807) is 0 Å². The Morgan fingerprint density at radius 2 is 2.20 bits per heavy atom. The van der Waals surface area contributed by atoms with Gasteiger partial charge in [0, 0.05) is 13.1 Å². The van der Waals surface area contributed by atoms with Crippen LogP contribution in [0.1, 0.15) is 6.42 Å². The Balaban J connectivity index is 2.56. The molecule has 1 rings (SSSR count). The number of nitrogens with zero attached hydrogens (tertiary/aromatic N) is 2. The van der Waals surface area contributed by atoms with Crippen LogP contribution in [-0.2, 0) is 16.6 Å². The van der Waals surface area contributed by atoms with Gasteiger partial charge in [-0.1, -0.05) is 5.92 Å². The van der Waals surface area contributed by atoms with E-state index in [0.29, 0.717) is 29.7 Å². The molecule has 7 nitrogen and oxygen atoms in total. The van der Waals surface area contributed by atoms with E-state index in [0.717, 1.165) is 6.26 Å². The number of sulfonamides is 1. The van der Waals surface area contributed by atoms with Gasteiger partial charge in [0.15, 0.2) is 0 Å². The van der Waals surface area contributed by atoms with Crippen LogP contribution in [0.25, 0.3) is 0 Å². The summed E-state index contributed by atoms with van der Waals surface area (Å²) in [5.41, 5.74) is 0.227. The van der Waals surface area contributed by atoms with Gasteiger partial charge in [-0.3, -0.25) is 4.79 Å². The van der Waals surface area contributed by atoms with Gasteiger partial charge in [-0.2, -0.15) is 5.10 Å². The van der Waals surface area contributed by atoms with Crippen LogP contribution in [0.4, 0.5) is 5.69 Å². The molecule has 2 N–H and O–H groups in total. The fraction of sp³-hybridized carbons (Fsp3) is 0.455. The quantitative estimate of drug-likeness (QED) is 0.525. The highest BCUT2D eigenvalue weighted by Crippen LogP contribution is 2.15. The first-order chi connectivity index (χ1) is 9.35. The van der Waals surface area contributed by atoms with Gasteiger partial charge in [0.1, 0.15) is 11.0 Å². The lowest BCUT2D eigenvalue weighted by Crippen LogP contribution is -2.26. The number of halogens is 1. The van der Waals surface area contributed by atoms with Crippen molar-refractivity contribution >= 4 is 31.6 Å². The molecule has 0 aliphatic carbocycles. The third-order valence-corrected chi connectivity index (χ3v) is 3.75. The molecule has 0 aliphatic rings. The van der Waals surface area contributed by atoms with E-state index in [-0.39, 0.29) is 12.1 Å². The Morgan fingerprint density at radius 1 is 1.50 bits per heavy atom. The number of anilines is 1. The van der Waals surface area contributed by atoms with Crippen molar-refractivity contribution in [1.29, 1.82) is 0 Å². The molecule has 110 valence electrons. The van der Waals surface area contributed by atoms with Crippen LogP contribution >= 0.6 is 15.9 Å². The minimum atomic E-state index is -3.17. The Labute approximate surface area is 125 Å². The van der Waals surface area contributed by atoms with Gasteiger partial charge in [0.25, 0.3) is 5.56 Å². The van der Waals surface area contributed by atoms with Crippen LogP contribution in [0.2, 0.25) is 0 Å². The van der Waals surface area contributed by atoms with Crippen LogP contribution in [0.15, 0.2) is 15.5 Å². The molecule has 0 fully saturated rings. The first kappa shape index (κ1) is 16.7. The smallest absolute Gasteiger partial charge is 0.284 e. The minimum absolute atomic E-state index is 0.107. The summed E-state index contributed by atoms with van der Waals surface area (Å²) in [7, 11) is -3.17. The lowest BCUT2D eigenvalue weighted by molar-refractivity contribution is 0.586. The second-order valence-corrected chi connectivity index (χ2v) is 6.61. The molecule has 1 aromatic rings. The first-order valence-corrected chi connectivity index (χ1v) is 8.41. The molecule has 0 atom stereocenters. The summed E-state index contributed by atoms with van der Waals surface area (Å²) in [5, 5.41) is 6.92. The van der Waals surface area contributed by atoms with Crippen LogP contribution < -0.4 is 15.6 Å². The van der Waals surface area contributed by atoms with Gasteiger partial charge in [-0.05, 0) is 22.4 Å². The summed E-state index contributed by atoms with van der Waals surface area (Å²) >= 11 is 3.19. The average Bonchev–Trinajstić information content (AvgIpc) is 2.36. The van der Waals surface area contributed by atoms with E-state index in [9.17, 15) is 13.2 Å². The van der Waals surface area contributed by atoms with Crippen molar-refractivity contribution in [1.82, 2.24) is 14.5 Å². The molecule has 9 heteroatoms. The van der Waals surface area contributed by atoms with Gasteiger partial charge in [-0.25, -0.2) is 17.8 Å². The fourth-order valence-electron chi connectivity index (χ4n) is 1.36. The van der Waals surface area contributed by atoms with Crippen molar-refractivity contribution in [2.45, 2.75) is 13.0 Å². The standard InChI is InChI=1S/C11H15BrN4O3S/c1-3-7-16-11(17)10(12)9(8-14-16)13-5-4-6-15-20(2,18)19/h1,8,13,15H,4-7H2,2H3. The second-order valence-electron chi connectivity index (χ2n) is 3.99. The van der Waals surface area contributed by atoms with E-state index in [4.69, 9.17) is 6.42 Å². The highest BCUT2D eigenvalue weighted by molar-refractivity contribution is 9.10. The summed E-state index contributed by atoms with van der Waals surface area (Å²) in [4.78, 5) is 11.8. The molecular weight excluding hydrogens is 348 g/mol. The zero-order chi connectivity index (χ0) is 15.2. The molecular formula is C11H15BrN4O3S. The van der Waals surface area contributed by atoms with Crippen molar-refractivity contribution in [2.24, 2.45) is 0 Å². The lowest BCUT2D eigenvalue weighted by atomic mass is 10.4. The van der Waals surface area contributed by atoms with E-state index >= 15 is 0 Å². The molecule has 20 heavy (non-hydrogen) atoms. The van der Waals surface area contributed by atoms with E-state index in [1.807, 2.05) is 0 Å². The Kier molecular flexibility index (Phi) is 6.19. The number of rotatable bonds is 7. The molecule has 0 radical (unpaired) electrons. The van der Waals surface area contributed by atoms with Crippen LogP contribution in [-0.4, -0.2) is 37.5 Å². The SMILES string of the molecule is C#CCn1ncc(NCCCNS(C)(=O)=O)c(Br)c1=O. The van der Waals surface area contributed by atoms with Crippen molar-refractivity contribution in [2.75, 3.05) is 24.7 Å². The van der Waals surface area contributed by atoms with Gasteiger partial charge >= 0.3 is 0 Å². The topological polar surface area (TPSA) is 93.1 Å². The Morgan fingerprint density at radius 3 is 2.80 bits per heavy atom. The molecule has 0 saturated heterocycles. The van der Waals surface area contributed by atoms with E-state index < -0.39 is 10.0 Å². The van der Waals surface area contributed by atoms with E-state index in [2.05, 4.69) is 37.0 Å². The predicted octanol–water partition coefficient (Wildman–Crippen LogP) is -0.00980. The Hall–Kier alpha value is -1.37. The number of nitrogens with one attached hydrogen (secondary N) is 2. The van der Waals surface area contributed by atoms with Crippen LogP contribution in [0.3, 0.4) is 0 Å². The fourth-order valence-corrected chi connectivity index (χ4v) is 2.32. The normalized spacial score (nSPS) is 11.1. The third kappa shape index (κ3) is 5.32. The van der Waals surface area contributed by atoms with Gasteiger partial charge in [0.05, 0.1) is 18.1 Å². The summed E-state index contributed by atoms with van der Waals surface area (Å²) in [6, 6.07) is 0. The minimum Gasteiger partial charge on any atom is -0.383 e. The summed E-state index contributed by atoms with van der Waals surface area (Å²) in [6.07, 6.45) is 8.30. The molecule has 0 amide bonds. The van der Waals surface area contributed by atoms with Crippen molar-refractivity contribution in [3.63, 3.8) is 0 Å².